The van der Waals surface area contributed by atoms with Gasteiger partial charge in [0.25, 0.3) is 5.91 Å². The van der Waals surface area contributed by atoms with Crippen LogP contribution in [-0.4, -0.2) is 41.5 Å². The van der Waals surface area contributed by atoms with Gasteiger partial charge < -0.3 is 14.6 Å². The van der Waals surface area contributed by atoms with E-state index in [-0.39, 0.29) is 18.5 Å². The van der Waals surface area contributed by atoms with E-state index in [0.717, 1.165) is 24.8 Å². The number of nitrogens with zero attached hydrogens (tertiary/aromatic N) is 1. The summed E-state index contributed by atoms with van der Waals surface area (Å²) < 4.78 is 5.18. The molecule has 0 radical (unpaired) electrons. The second-order valence-electron chi connectivity index (χ2n) is 7.17. The van der Waals surface area contributed by atoms with Crippen LogP contribution in [0.3, 0.4) is 0 Å². The molecule has 0 unspecified atom stereocenters. The molecule has 0 aliphatic heterocycles. The van der Waals surface area contributed by atoms with Gasteiger partial charge in [0.15, 0.2) is 6.61 Å². The van der Waals surface area contributed by atoms with E-state index in [1.807, 2.05) is 31.4 Å². The molecule has 3 rings (SSSR count). The number of H-pyrrole nitrogens is 1. The first-order valence-electron chi connectivity index (χ1n) is 9.61. The van der Waals surface area contributed by atoms with Gasteiger partial charge in [0.2, 0.25) is 0 Å². The molecule has 1 aromatic heterocycles. The van der Waals surface area contributed by atoms with Crippen molar-refractivity contribution in [2.24, 2.45) is 0 Å². The highest BCUT2D eigenvalue weighted by atomic mass is 16.5. The number of nitrogens with one attached hydrogen (secondary N) is 1. The average molecular weight is 356 g/mol. The molecule has 140 valence electrons. The van der Waals surface area contributed by atoms with Crippen LogP contribution in [0.25, 0.3) is 10.9 Å². The van der Waals surface area contributed by atoms with Crippen LogP contribution in [0.15, 0.2) is 30.5 Å². The summed E-state index contributed by atoms with van der Waals surface area (Å²) in [6.07, 6.45) is 9.58. The first kappa shape index (κ1) is 18.5. The molecule has 5 heteroatoms. The molecule has 0 bridgehead atoms. The number of aryl methyl sites for hydroxylation is 1. The van der Waals surface area contributed by atoms with Crippen LogP contribution in [-0.2, 0) is 20.7 Å². The zero-order valence-electron chi connectivity index (χ0n) is 15.5. The van der Waals surface area contributed by atoms with Crippen LogP contribution in [0, 0.1) is 0 Å². The van der Waals surface area contributed by atoms with Gasteiger partial charge in [-0.15, -0.1) is 0 Å². The number of amides is 1. The molecular weight excluding hydrogens is 328 g/mol. The van der Waals surface area contributed by atoms with Gasteiger partial charge in [-0.25, -0.2) is 0 Å². The number of aromatic amines is 1. The van der Waals surface area contributed by atoms with Crippen molar-refractivity contribution in [3.05, 3.63) is 36.0 Å². The van der Waals surface area contributed by atoms with Crippen molar-refractivity contribution < 1.29 is 14.3 Å². The summed E-state index contributed by atoms with van der Waals surface area (Å²) in [4.78, 5) is 29.1. The lowest BCUT2D eigenvalue weighted by atomic mass is 9.94. The lowest BCUT2D eigenvalue weighted by Crippen LogP contribution is -2.40. The number of ether oxygens (including phenoxy) is 1. The van der Waals surface area contributed by atoms with E-state index in [9.17, 15) is 9.59 Å². The Morgan fingerprint density at radius 3 is 2.77 bits per heavy atom. The maximum Gasteiger partial charge on any atom is 0.306 e. The maximum atomic E-state index is 12.2. The molecule has 1 N–H and O–H groups in total. The third-order valence-electron chi connectivity index (χ3n) is 5.37. The minimum Gasteiger partial charge on any atom is -0.456 e. The van der Waals surface area contributed by atoms with Crippen molar-refractivity contribution in [1.82, 2.24) is 9.88 Å². The first-order chi connectivity index (χ1) is 12.6. The number of benzene rings is 1. The zero-order chi connectivity index (χ0) is 18.4. The van der Waals surface area contributed by atoms with Crippen LogP contribution in [0.5, 0.6) is 0 Å². The summed E-state index contributed by atoms with van der Waals surface area (Å²) in [7, 11) is 1.82. The molecule has 1 aromatic carbocycles. The molecule has 1 aliphatic carbocycles. The largest absolute Gasteiger partial charge is 0.456 e. The third kappa shape index (κ3) is 4.65. The molecule has 0 atom stereocenters. The number of aromatic nitrogens is 1. The van der Waals surface area contributed by atoms with E-state index >= 15 is 0 Å². The van der Waals surface area contributed by atoms with Crippen LogP contribution >= 0.6 is 0 Å². The van der Waals surface area contributed by atoms with Crippen molar-refractivity contribution in [1.29, 1.82) is 0 Å². The highest BCUT2D eigenvalue weighted by Gasteiger charge is 2.22. The molecule has 1 saturated carbocycles. The number of likely N-dealkylation sites (N-methyl/N-ethyl adjacent to an activating group) is 1. The van der Waals surface area contributed by atoms with Crippen LogP contribution in [0.4, 0.5) is 0 Å². The second-order valence-corrected chi connectivity index (χ2v) is 7.17. The number of rotatable bonds is 7. The Morgan fingerprint density at radius 1 is 1.19 bits per heavy atom. The van der Waals surface area contributed by atoms with Crippen LogP contribution in [0.1, 0.15) is 50.5 Å². The minimum absolute atomic E-state index is 0.0955. The van der Waals surface area contributed by atoms with E-state index in [1.165, 1.54) is 30.2 Å². The average Bonchev–Trinajstić information content (AvgIpc) is 3.09. The third-order valence-corrected chi connectivity index (χ3v) is 5.37. The standard InChI is InChI=1S/C21H28N2O3/c1-23(17-9-3-2-4-10-17)20(24)15-26-21(25)13-7-8-16-14-22-19-12-6-5-11-18(16)19/h5-6,11-12,14,17,22H,2-4,7-10,13,15H2,1H3. The van der Waals surface area contributed by atoms with Crippen molar-refractivity contribution in [3.63, 3.8) is 0 Å². The fraction of sp³-hybridized carbons (Fsp3) is 0.524. The number of hydrogen-bond acceptors (Lipinski definition) is 3. The summed E-state index contributed by atoms with van der Waals surface area (Å²) >= 11 is 0. The Bertz CT molecular complexity index is 747. The van der Waals surface area contributed by atoms with Crippen LogP contribution < -0.4 is 0 Å². The lowest BCUT2D eigenvalue weighted by Gasteiger charge is -2.31. The molecule has 1 aliphatic rings. The molecule has 0 saturated heterocycles. The second kappa shape index (κ2) is 8.88. The molecule has 2 aromatic rings. The Labute approximate surface area is 154 Å². The van der Waals surface area contributed by atoms with Crippen molar-refractivity contribution in [2.75, 3.05) is 13.7 Å². The first-order valence-corrected chi connectivity index (χ1v) is 9.61. The van der Waals surface area contributed by atoms with Crippen molar-refractivity contribution >= 4 is 22.8 Å². The van der Waals surface area contributed by atoms with E-state index in [4.69, 9.17) is 4.74 Å². The minimum atomic E-state index is -0.296. The Kier molecular flexibility index (Phi) is 6.31. The fourth-order valence-corrected chi connectivity index (χ4v) is 3.75. The Balaban J connectivity index is 1.38. The predicted molar refractivity (Wildman–Crippen MR) is 102 cm³/mol. The van der Waals surface area contributed by atoms with E-state index < -0.39 is 0 Å². The fourth-order valence-electron chi connectivity index (χ4n) is 3.75. The molecule has 1 fully saturated rings. The summed E-state index contributed by atoms with van der Waals surface area (Å²) in [6.45, 7) is -0.140. The SMILES string of the molecule is CN(C(=O)COC(=O)CCCc1c[nH]c2ccccc12)C1CCCCC1. The molecular formula is C21H28N2O3. The molecule has 1 amide bonds. The molecule has 0 spiro atoms. The molecule has 1 heterocycles. The van der Waals surface area contributed by atoms with Gasteiger partial charge in [-0.1, -0.05) is 37.5 Å². The number of para-hydroxylation sites is 1. The van der Waals surface area contributed by atoms with Crippen molar-refractivity contribution in [3.8, 4) is 0 Å². The van der Waals surface area contributed by atoms with Gasteiger partial charge in [0.1, 0.15) is 0 Å². The van der Waals surface area contributed by atoms with E-state index in [1.54, 1.807) is 4.90 Å². The molecule has 26 heavy (non-hydrogen) atoms. The molecule has 5 nitrogen and oxygen atoms in total. The van der Waals surface area contributed by atoms with E-state index in [2.05, 4.69) is 11.1 Å². The van der Waals surface area contributed by atoms with Gasteiger partial charge in [0, 0.05) is 36.6 Å². The quantitative estimate of drug-likeness (QED) is 0.767. The van der Waals surface area contributed by atoms with Gasteiger partial charge in [0.05, 0.1) is 0 Å². The predicted octanol–water partition coefficient (Wildman–Crippen LogP) is 3.82. The van der Waals surface area contributed by atoms with Gasteiger partial charge in [-0.2, -0.15) is 0 Å². The van der Waals surface area contributed by atoms with Gasteiger partial charge in [-0.3, -0.25) is 9.59 Å². The van der Waals surface area contributed by atoms with Gasteiger partial charge in [-0.05, 0) is 37.3 Å². The monoisotopic (exact) mass is 356 g/mol. The summed E-state index contributed by atoms with van der Waals surface area (Å²) in [6, 6.07) is 8.45. The van der Waals surface area contributed by atoms with Crippen LogP contribution in [0.2, 0.25) is 0 Å². The summed E-state index contributed by atoms with van der Waals surface area (Å²) in [5.41, 5.74) is 2.32. The number of esters is 1. The van der Waals surface area contributed by atoms with E-state index in [0.29, 0.717) is 18.9 Å². The smallest absolute Gasteiger partial charge is 0.306 e. The highest BCUT2D eigenvalue weighted by Crippen LogP contribution is 2.22. The Morgan fingerprint density at radius 2 is 1.96 bits per heavy atom. The number of carbonyl (C=O) groups excluding carboxylic acids is 2. The number of carbonyl (C=O) groups is 2. The number of hydrogen-bond donors (Lipinski definition) is 1. The zero-order valence-corrected chi connectivity index (χ0v) is 15.5. The highest BCUT2D eigenvalue weighted by molar-refractivity contribution is 5.83. The number of fused-ring (bicyclic) bond motifs is 1. The summed E-state index contributed by atoms with van der Waals surface area (Å²) in [5.74, 6) is -0.392. The topological polar surface area (TPSA) is 62.4 Å². The summed E-state index contributed by atoms with van der Waals surface area (Å²) in [5, 5.41) is 1.20. The maximum absolute atomic E-state index is 12.2. The van der Waals surface area contributed by atoms with Gasteiger partial charge >= 0.3 is 5.97 Å². The normalized spacial score (nSPS) is 15.1. The Hall–Kier alpha value is -2.30. The lowest BCUT2D eigenvalue weighted by molar-refractivity contribution is -0.152. The van der Waals surface area contributed by atoms with Crippen molar-refractivity contribution in [2.45, 2.75) is 57.4 Å².